The SMILES string of the molecule is O=S1(=O)CCC(N(C2=CCCCC2)c2ccccc2)CC1. The van der Waals surface area contributed by atoms with Crippen LogP contribution in [0.1, 0.15) is 38.5 Å². The van der Waals surface area contributed by atoms with E-state index in [-0.39, 0.29) is 0 Å². The Balaban J connectivity index is 1.88. The number of sulfone groups is 1. The van der Waals surface area contributed by atoms with Crippen molar-refractivity contribution in [1.82, 2.24) is 0 Å². The van der Waals surface area contributed by atoms with E-state index in [2.05, 4.69) is 35.2 Å². The molecule has 0 amide bonds. The lowest BCUT2D eigenvalue weighted by molar-refractivity contribution is 0.523. The molecule has 4 heteroatoms. The summed E-state index contributed by atoms with van der Waals surface area (Å²) in [7, 11) is -2.81. The second kappa shape index (κ2) is 6.22. The van der Waals surface area contributed by atoms with Crippen LogP contribution < -0.4 is 4.90 Å². The lowest BCUT2D eigenvalue weighted by Gasteiger charge is -2.38. The molecule has 0 spiro atoms. The molecule has 0 aromatic heterocycles. The number of rotatable bonds is 3. The number of hydrogen-bond donors (Lipinski definition) is 0. The molecule has 0 saturated carbocycles. The molecule has 0 atom stereocenters. The number of nitrogens with zero attached hydrogens (tertiary/aromatic N) is 1. The monoisotopic (exact) mass is 305 g/mol. The molecule has 1 fully saturated rings. The van der Waals surface area contributed by atoms with Gasteiger partial charge in [-0.1, -0.05) is 24.3 Å². The number of hydrogen-bond acceptors (Lipinski definition) is 3. The highest BCUT2D eigenvalue weighted by atomic mass is 32.2. The Kier molecular flexibility index (Phi) is 4.34. The van der Waals surface area contributed by atoms with E-state index in [9.17, 15) is 8.42 Å². The fraction of sp³-hybridized carbons (Fsp3) is 0.529. The molecular formula is C17H23NO2S. The standard InChI is InChI=1S/C17H23NO2S/c19-21(20)13-11-17(12-14-21)18(15-7-3-1-4-8-15)16-9-5-2-6-10-16/h1,3-4,7-9,17H,2,5-6,10-14H2. The van der Waals surface area contributed by atoms with E-state index in [0.717, 1.165) is 25.7 Å². The van der Waals surface area contributed by atoms with Gasteiger partial charge in [-0.25, -0.2) is 8.42 Å². The maximum absolute atomic E-state index is 11.7. The number of allylic oxidation sites excluding steroid dienone is 2. The van der Waals surface area contributed by atoms with Gasteiger partial charge in [0.25, 0.3) is 0 Å². The largest absolute Gasteiger partial charge is 0.342 e. The minimum Gasteiger partial charge on any atom is -0.342 e. The Hall–Kier alpha value is -1.29. The molecule has 114 valence electrons. The normalized spacial score (nSPS) is 22.6. The maximum atomic E-state index is 11.7. The molecule has 0 bridgehead atoms. The molecule has 3 rings (SSSR count). The van der Waals surface area contributed by atoms with Gasteiger partial charge in [-0.2, -0.15) is 0 Å². The van der Waals surface area contributed by atoms with Crippen molar-refractivity contribution in [3.63, 3.8) is 0 Å². The van der Waals surface area contributed by atoms with Crippen molar-refractivity contribution < 1.29 is 8.42 Å². The molecule has 2 aliphatic rings. The van der Waals surface area contributed by atoms with Crippen molar-refractivity contribution in [3.05, 3.63) is 42.1 Å². The van der Waals surface area contributed by atoms with Gasteiger partial charge in [0, 0.05) is 17.4 Å². The summed E-state index contributed by atoms with van der Waals surface area (Å²) in [6.07, 6.45) is 8.59. The van der Waals surface area contributed by atoms with Crippen LogP contribution in [0, 0.1) is 0 Å². The minimum absolute atomic E-state index is 0.320. The van der Waals surface area contributed by atoms with E-state index in [4.69, 9.17) is 0 Å². The predicted octanol–water partition coefficient (Wildman–Crippen LogP) is 3.53. The first-order valence-corrected chi connectivity index (χ1v) is 9.72. The fourth-order valence-electron chi connectivity index (χ4n) is 3.38. The van der Waals surface area contributed by atoms with E-state index >= 15 is 0 Å². The van der Waals surface area contributed by atoms with Crippen LogP contribution in [0.15, 0.2) is 42.1 Å². The predicted molar refractivity (Wildman–Crippen MR) is 87.1 cm³/mol. The zero-order valence-corrected chi connectivity index (χ0v) is 13.2. The Morgan fingerprint density at radius 2 is 1.71 bits per heavy atom. The first-order chi connectivity index (χ1) is 10.2. The van der Waals surface area contributed by atoms with Crippen molar-refractivity contribution in [2.75, 3.05) is 16.4 Å². The number of para-hydroxylation sites is 1. The average Bonchev–Trinajstić information content (AvgIpc) is 2.51. The minimum atomic E-state index is -2.81. The molecule has 1 aliphatic carbocycles. The molecule has 21 heavy (non-hydrogen) atoms. The summed E-state index contributed by atoms with van der Waals surface area (Å²) in [6.45, 7) is 0. The van der Waals surface area contributed by atoms with E-state index in [1.807, 2.05) is 6.07 Å². The van der Waals surface area contributed by atoms with Crippen LogP contribution in [0.4, 0.5) is 5.69 Å². The highest BCUT2D eigenvalue weighted by molar-refractivity contribution is 7.91. The van der Waals surface area contributed by atoms with Crippen LogP contribution in [-0.2, 0) is 9.84 Å². The lowest BCUT2D eigenvalue weighted by Crippen LogP contribution is -2.41. The van der Waals surface area contributed by atoms with Crippen molar-refractivity contribution >= 4 is 15.5 Å². The summed E-state index contributed by atoms with van der Waals surface area (Å²) < 4.78 is 23.4. The van der Waals surface area contributed by atoms with Gasteiger partial charge < -0.3 is 4.90 Å². The summed E-state index contributed by atoms with van der Waals surface area (Å²) >= 11 is 0. The molecule has 0 radical (unpaired) electrons. The van der Waals surface area contributed by atoms with Crippen LogP contribution in [0.25, 0.3) is 0 Å². The summed E-state index contributed by atoms with van der Waals surface area (Å²) in [4.78, 5) is 2.41. The molecular weight excluding hydrogens is 282 g/mol. The zero-order chi connectivity index (χ0) is 14.7. The highest BCUT2D eigenvalue weighted by Gasteiger charge is 2.30. The fourth-order valence-corrected chi connectivity index (χ4v) is 4.84. The van der Waals surface area contributed by atoms with Crippen molar-refractivity contribution in [2.45, 2.75) is 44.6 Å². The Morgan fingerprint density at radius 1 is 1.00 bits per heavy atom. The molecule has 0 N–H and O–H groups in total. The third-order valence-electron chi connectivity index (χ3n) is 4.50. The van der Waals surface area contributed by atoms with Crippen LogP contribution >= 0.6 is 0 Å². The quantitative estimate of drug-likeness (QED) is 0.857. The smallest absolute Gasteiger partial charge is 0.150 e. The second-order valence-electron chi connectivity index (χ2n) is 6.03. The summed E-state index contributed by atoms with van der Waals surface area (Å²) in [5.41, 5.74) is 2.59. The van der Waals surface area contributed by atoms with Crippen LogP contribution in [-0.4, -0.2) is 26.0 Å². The summed E-state index contributed by atoms with van der Waals surface area (Å²) in [6, 6.07) is 10.7. The second-order valence-corrected chi connectivity index (χ2v) is 8.33. The van der Waals surface area contributed by atoms with Gasteiger partial charge in [0.2, 0.25) is 0 Å². The molecule has 0 unspecified atom stereocenters. The third-order valence-corrected chi connectivity index (χ3v) is 6.22. The molecule has 1 saturated heterocycles. The molecule has 1 heterocycles. The zero-order valence-electron chi connectivity index (χ0n) is 12.4. The van der Waals surface area contributed by atoms with Crippen LogP contribution in [0.3, 0.4) is 0 Å². The van der Waals surface area contributed by atoms with E-state index < -0.39 is 9.84 Å². The Bertz CT molecular complexity index is 593. The van der Waals surface area contributed by atoms with Crippen molar-refractivity contribution in [2.24, 2.45) is 0 Å². The van der Waals surface area contributed by atoms with Gasteiger partial charge in [-0.15, -0.1) is 0 Å². The number of anilines is 1. The van der Waals surface area contributed by atoms with E-state index in [0.29, 0.717) is 17.5 Å². The molecule has 1 aromatic carbocycles. The Morgan fingerprint density at radius 3 is 2.33 bits per heavy atom. The number of benzene rings is 1. The Labute approximate surface area is 127 Å². The van der Waals surface area contributed by atoms with Gasteiger partial charge in [0.15, 0.2) is 0 Å². The maximum Gasteiger partial charge on any atom is 0.150 e. The summed E-state index contributed by atoms with van der Waals surface area (Å²) in [5, 5.41) is 0. The van der Waals surface area contributed by atoms with E-state index in [1.54, 1.807) is 0 Å². The van der Waals surface area contributed by atoms with Crippen LogP contribution in [0.2, 0.25) is 0 Å². The van der Waals surface area contributed by atoms with Gasteiger partial charge in [-0.05, 0) is 50.7 Å². The van der Waals surface area contributed by atoms with Gasteiger partial charge >= 0.3 is 0 Å². The van der Waals surface area contributed by atoms with E-state index in [1.165, 1.54) is 24.2 Å². The molecule has 1 aromatic rings. The van der Waals surface area contributed by atoms with Crippen molar-refractivity contribution in [1.29, 1.82) is 0 Å². The topological polar surface area (TPSA) is 37.4 Å². The first-order valence-electron chi connectivity index (χ1n) is 7.89. The highest BCUT2D eigenvalue weighted by Crippen LogP contribution is 2.32. The van der Waals surface area contributed by atoms with Crippen molar-refractivity contribution in [3.8, 4) is 0 Å². The van der Waals surface area contributed by atoms with Gasteiger partial charge in [0.1, 0.15) is 9.84 Å². The lowest BCUT2D eigenvalue weighted by atomic mass is 9.99. The molecule has 3 nitrogen and oxygen atoms in total. The van der Waals surface area contributed by atoms with Gasteiger partial charge in [0.05, 0.1) is 11.5 Å². The molecule has 1 aliphatic heterocycles. The third kappa shape index (κ3) is 3.49. The van der Waals surface area contributed by atoms with Crippen LogP contribution in [0.5, 0.6) is 0 Å². The van der Waals surface area contributed by atoms with Gasteiger partial charge in [-0.3, -0.25) is 0 Å². The average molecular weight is 305 g/mol. The summed E-state index contributed by atoms with van der Waals surface area (Å²) in [5.74, 6) is 0.655. The first kappa shape index (κ1) is 14.6.